The number of ether oxygens (including phenoxy) is 2. The maximum atomic E-state index is 13.1. The molecule has 9 heteroatoms. The van der Waals surface area contributed by atoms with Crippen molar-refractivity contribution in [3.05, 3.63) is 102 Å². The summed E-state index contributed by atoms with van der Waals surface area (Å²) in [5, 5.41) is 16.3. The van der Waals surface area contributed by atoms with Crippen LogP contribution in [0.25, 0.3) is 0 Å². The topological polar surface area (TPSA) is 103 Å². The Bertz CT molecular complexity index is 1320. The first-order valence-electron chi connectivity index (χ1n) is 11.6. The molecular weight excluding hydrogens is 504 g/mol. The molecule has 0 spiro atoms. The van der Waals surface area contributed by atoms with Gasteiger partial charge >= 0.3 is 17.8 Å². The molecule has 2 N–H and O–H groups in total. The quantitative estimate of drug-likeness (QED) is 0.255. The summed E-state index contributed by atoms with van der Waals surface area (Å²) in [4.78, 5) is 26.1. The molecule has 0 saturated carbocycles. The minimum atomic E-state index is -2.61. The minimum Gasteiger partial charge on any atom is -0.465 e. The predicted octanol–water partition coefficient (Wildman–Crippen LogP) is 4.30. The van der Waals surface area contributed by atoms with Crippen molar-refractivity contribution < 1.29 is 23.8 Å². The lowest BCUT2D eigenvalue weighted by molar-refractivity contribution is -0.273. The van der Waals surface area contributed by atoms with E-state index in [4.69, 9.17) is 9.47 Å². The SMILES string of the molecule is COC(=O)c1c(N[P+](c2ccccc2)(c2ccccc2)c2ccccc2)[nH+]p(CCC#N)c1C(=O)OC. The van der Waals surface area contributed by atoms with E-state index in [1.165, 1.54) is 14.2 Å². The van der Waals surface area contributed by atoms with Crippen molar-refractivity contribution in [2.45, 2.75) is 12.6 Å². The van der Waals surface area contributed by atoms with Crippen molar-refractivity contribution in [3.8, 4) is 6.07 Å². The molecule has 0 radical (unpaired) electrons. The maximum Gasteiger partial charge on any atom is 0.347 e. The maximum absolute atomic E-state index is 13.1. The molecule has 1 aromatic heterocycles. The number of hydrogen-bond acceptors (Lipinski definition) is 6. The third kappa shape index (κ3) is 5.13. The number of H-pyrrole nitrogens is 1. The second-order valence-corrected chi connectivity index (χ2v) is 13.1. The molecule has 4 rings (SSSR count). The fourth-order valence-corrected chi connectivity index (χ4v) is 10.0. The van der Waals surface area contributed by atoms with E-state index in [2.05, 4.69) is 52.3 Å². The van der Waals surface area contributed by atoms with E-state index in [0.717, 1.165) is 15.9 Å². The smallest absolute Gasteiger partial charge is 0.347 e. The number of esters is 2. The van der Waals surface area contributed by atoms with Crippen molar-refractivity contribution in [1.82, 2.24) is 0 Å². The highest BCUT2D eigenvalue weighted by Crippen LogP contribution is 2.55. The Morgan fingerprint density at radius 3 is 1.70 bits per heavy atom. The number of hydrogen-bond donors (Lipinski definition) is 1. The van der Waals surface area contributed by atoms with Crippen LogP contribution in [0.5, 0.6) is 0 Å². The number of aromatic nitrogens is 1. The molecule has 0 aliphatic heterocycles. The molecule has 1 atom stereocenters. The number of anilines is 1. The fourth-order valence-electron chi connectivity index (χ4n) is 4.28. The van der Waals surface area contributed by atoms with E-state index in [0.29, 0.717) is 12.0 Å². The van der Waals surface area contributed by atoms with E-state index in [9.17, 15) is 14.9 Å². The van der Waals surface area contributed by atoms with Crippen LogP contribution in [0.1, 0.15) is 26.9 Å². The first-order chi connectivity index (χ1) is 18.1. The Hall–Kier alpha value is -3.97. The number of benzene rings is 3. The minimum absolute atomic E-state index is 0.116. The molecule has 0 bridgehead atoms. The van der Waals surface area contributed by atoms with Gasteiger partial charge < -0.3 is 9.47 Å². The molecule has 186 valence electrons. The zero-order valence-electron chi connectivity index (χ0n) is 20.5. The third-order valence-electron chi connectivity index (χ3n) is 5.93. The number of nitrogens with zero attached hydrogens (tertiary/aromatic N) is 1. The molecule has 1 heterocycles. The number of carbonyl (C=O) groups excluding carboxylic acids is 2. The van der Waals surface area contributed by atoms with Gasteiger partial charge in [0.2, 0.25) is 0 Å². The average molecular weight is 531 g/mol. The molecule has 4 aromatic rings. The number of carbonyl (C=O) groups is 2. The summed E-state index contributed by atoms with van der Waals surface area (Å²) < 4.78 is 13.6. The van der Waals surface area contributed by atoms with Crippen LogP contribution < -0.4 is 25.7 Å². The summed E-state index contributed by atoms with van der Waals surface area (Å²) in [6.45, 7) is 0. The summed E-state index contributed by atoms with van der Waals surface area (Å²) in [5.41, 5.74) is 0.116. The van der Waals surface area contributed by atoms with Gasteiger partial charge in [-0.25, -0.2) is 14.3 Å². The summed E-state index contributed by atoms with van der Waals surface area (Å²) in [5.74, 6) is -0.859. The molecule has 3 aromatic carbocycles. The number of rotatable bonds is 9. The zero-order chi connectivity index (χ0) is 26.3. The fraction of sp³-hybridized carbons (Fsp3) is 0.143. The highest BCUT2D eigenvalue weighted by molar-refractivity contribution is 7.96. The lowest BCUT2D eigenvalue weighted by atomic mass is 10.2. The van der Waals surface area contributed by atoms with Gasteiger partial charge in [-0.15, -0.1) is 5.09 Å². The molecule has 0 saturated heterocycles. The molecule has 0 fully saturated rings. The first-order valence-corrected chi connectivity index (χ1v) is 14.9. The van der Waals surface area contributed by atoms with Gasteiger partial charge in [-0.05, 0) is 36.4 Å². The van der Waals surface area contributed by atoms with Gasteiger partial charge in [0.25, 0.3) is 7.41 Å². The van der Waals surface area contributed by atoms with Crippen molar-refractivity contribution in [2.75, 3.05) is 19.3 Å². The monoisotopic (exact) mass is 531 g/mol. The molecule has 37 heavy (non-hydrogen) atoms. The lowest BCUT2D eigenvalue weighted by Gasteiger charge is -2.23. The lowest BCUT2D eigenvalue weighted by Crippen LogP contribution is -2.37. The number of methoxy groups -OCH3 is 2. The number of aromatic amines is 1. The van der Waals surface area contributed by atoms with Gasteiger partial charge in [0.05, 0.1) is 28.0 Å². The molecular formula is C28H27N3O4P2+2. The van der Waals surface area contributed by atoms with Crippen LogP contribution in [0, 0.1) is 11.3 Å². The number of nitrogens with one attached hydrogen (secondary N) is 2. The Labute approximate surface area is 217 Å². The Morgan fingerprint density at radius 2 is 1.30 bits per heavy atom. The Morgan fingerprint density at radius 1 is 0.838 bits per heavy atom. The highest BCUT2D eigenvalue weighted by atomic mass is 31.2. The highest BCUT2D eigenvalue weighted by Gasteiger charge is 2.53. The predicted molar refractivity (Wildman–Crippen MR) is 147 cm³/mol. The van der Waals surface area contributed by atoms with Gasteiger partial charge in [-0.3, -0.25) is 0 Å². The Balaban J connectivity index is 2.05. The van der Waals surface area contributed by atoms with Gasteiger partial charge in [-0.1, -0.05) is 54.6 Å². The molecule has 0 aliphatic carbocycles. The summed E-state index contributed by atoms with van der Waals surface area (Å²) in [6, 6.07) is 32.3. The standard InChI is InChI=1S/C28H26N3O4P2/c1-34-27(32)24-25(28(33)35-2)36(20-12-19-29)30-26(24)31-37(21-13-6-3-7-14-21,22-15-8-4-9-16-22)23-17-10-5-11-18-23/h3-11,13-18H,12,20H2,1-2H3,(H,30,31)/q+1/p+1. The second kappa shape index (κ2) is 11.8. The van der Waals surface area contributed by atoms with Crippen molar-refractivity contribution in [1.29, 1.82) is 5.26 Å². The second-order valence-electron chi connectivity index (χ2n) is 8.04. The van der Waals surface area contributed by atoms with E-state index in [1.807, 2.05) is 54.6 Å². The average Bonchev–Trinajstić information content (AvgIpc) is 3.33. The normalized spacial score (nSPS) is 11.3. The molecule has 1 unspecified atom stereocenters. The zero-order valence-corrected chi connectivity index (χ0v) is 22.3. The van der Waals surface area contributed by atoms with Crippen LogP contribution >= 0.6 is 15.1 Å². The largest absolute Gasteiger partial charge is 0.465 e. The van der Waals surface area contributed by atoms with Crippen molar-refractivity contribution in [2.24, 2.45) is 0 Å². The van der Waals surface area contributed by atoms with E-state index < -0.39 is 27.0 Å². The molecule has 7 nitrogen and oxygen atoms in total. The van der Waals surface area contributed by atoms with E-state index in [-0.39, 0.29) is 17.3 Å². The van der Waals surface area contributed by atoms with Gasteiger partial charge in [0.15, 0.2) is 5.56 Å². The Kier molecular flexibility index (Phi) is 8.36. The van der Waals surface area contributed by atoms with Gasteiger partial charge in [-0.2, -0.15) is 5.26 Å². The first kappa shape index (κ1) is 26.1. The van der Waals surface area contributed by atoms with Gasteiger partial charge in [0.1, 0.15) is 21.2 Å². The van der Waals surface area contributed by atoms with Crippen molar-refractivity contribution in [3.63, 3.8) is 0 Å². The number of aryl methyl sites for hydroxylation is 1. The van der Waals surface area contributed by atoms with Gasteiger partial charge in [0, 0.05) is 12.6 Å². The third-order valence-corrected chi connectivity index (χ3v) is 11.8. The van der Waals surface area contributed by atoms with Crippen LogP contribution in [-0.4, -0.2) is 26.2 Å². The summed E-state index contributed by atoms with van der Waals surface area (Å²) in [7, 11) is -1.43. The summed E-state index contributed by atoms with van der Waals surface area (Å²) in [6.07, 6.45) is 0.604. The van der Waals surface area contributed by atoms with Crippen LogP contribution in [0.2, 0.25) is 0 Å². The van der Waals surface area contributed by atoms with Crippen LogP contribution in [0.4, 0.5) is 5.82 Å². The van der Waals surface area contributed by atoms with Crippen LogP contribution in [0.15, 0.2) is 91.0 Å². The molecule has 0 aliphatic rings. The van der Waals surface area contributed by atoms with Crippen LogP contribution in [0.3, 0.4) is 0 Å². The van der Waals surface area contributed by atoms with Crippen molar-refractivity contribution >= 4 is 48.8 Å². The van der Waals surface area contributed by atoms with Crippen LogP contribution in [-0.2, 0) is 15.6 Å². The van der Waals surface area contributed by atoms with E-state index in [1.54, 1.807) is 0 Å². The molecule has 0 amide bonds. The summed E-state index contributed by atoms with van der Waals surface area (Å²) >= 11 is 0. The number of nitriles is 1. The van der Waals surface area contributed by atoms with E-state index >= 15 is 0 Å².